The van der Waals surface area contributed by atoms with E-state index in [1.807, 2.05) is 24.0 Å². The van der Waals surface area contributed by atoms with E-state index in [-0.39, 0.29) is 18.0 Å². The van der Waals surface area contributed by atoms with E-state index in [9.17, 15) is 4.79 Å². The van der Waals surface area contributed by atoms with Crippen molar-refractivity contribution in [2.45, 2.75) is 51.6 Å². The third-order valence-electron chi connectivity index (χ3n) is 5.77. The maximum Gasteiger partial charge on any atom is 0.222 e. The second kappa shape index (κ2) is 10.8. The summed E-state index contributed by atoms with van der Waals surface area (Å²) in [6, 6.07) is 8.63. The van der Waals surface area contributed by atoms with Gasteiger partial charge in [0.2, 0.25) is 5.91 Å². The van der Waals surface area contributed by atoms with Crippen LogP contribution in [0.2, 0.25) is 5.02 Å². The first-order valence-corrected chi connectivity index (χ1v) is 11.3. The topological polar surface area (TPSA) is 60.0 Å². The Bertz CT molecular complexity index is 704. The third-order valence-corrected chi connectivity index (χ3v) is 6.00. The van der Waals surface area contributed by atoms with Crippen LogP contribution in [0.5, 0.6) is 0 Å². The summed E-state index contributed by atoms with van der Waals surface area (Å²) in [6.45, 7) is 9.27. The van der Waals surface area contributed by atoms with Crippen LogP contribution in [0.4, 0.5) is 0 Å². The molecule has 0 spiro atoms. The zero-order valence-corrected chi connectivity index (χ0v) is 18.4. The van der Waals surface area contributed by atoms with E-state index < -0.39 is 0 Å². The number of hydrogen-bond donors (Lipinski definition) is 2. The highest BCUT2D eigenvalue weighted by Gasteiger charge is 2.27. The number of carbonyl (C=O) groups is 1. The van der Waals surface area contributed by atoms with Crippen molar-refractivity contribution in [2.75, 3.05) is 39.3 Å². The van der Waals surface area contributed by atoms with Crippen LogP contribution in [-0.2, 0) is 4.79 Å². The number of aliphatic imine (C=N–C) groups is 1. The molecule has 0 radical (unpaired) electrons. The van der Waals surface area contributed by atoms with Crippen molar-refractivity contribution in [3.8, 4) is 0 Å². The SMILES string of the molecule is CCNC(=NCC(c1cccc(Cl)c1)N1CCCC1)NC1CCN(C(=O)CC)C1. The lowest BCUT2D eigenvalue weighted by atomic mass is 10.1. The molecule has 2 aliphatic rings. The highest BCUT2D eigenvalue weighted by atomic mass is 35.5. The number of benzene rings is 1. The van der Waals surface area contributed by atoms with Crippen molar-refractivity contribution in [3.63, 3.8) is 0 Å². The second-order valence-electron chi connectivity index (χ2n) is 7.86. The third kappa shape index (κ3) is 6.09. The van der Waals surface area contributed by atoms with Gasteiger partial charge >= 0.3 is 0 Å². The summed E-state index contributed by atoms with van der Waals surface area (Å²) in [7, 11) is 0. The van der Waals surface area contributed by atoms with E-state index in [1.54, 1.807) is 0 Å². The summed E-state index contributed by atoms with van der Waals surface area (Å²) in [5.41, 5.74) is 1.22. The van der Waals surface area contributed by atoms with Gasteiger partial charge in [0.05, 0.1) is 12.6 Å². The normalized spacial score (nSPS) is 21.4. The Morgan fingerprint density at radius 2 is 2.07 bits per heavy atom. The van der Waals surface area contributed by atoms with Gasteiger partial charge in [-0.1, -0.05) is 30.7 Å². The molecule has 2 heterocycles. The maximum atomic E-state index is 12.0. The first-order chi connectivity index (χ1) is 14.1. The minimum Gasteiger partial charge on any atom is -0.357 e. The van der Waals surface area contributed by atoms with Crippen molar-refractivity contribution in [1.82, 2.24) is 20.4 Å². The van der Waals surface area contributed by atoms with E-state index in [4.69, 9.17) is 16.6 Å². The van der Waals surface area contributed by atoms with Crippen molar-refractivity contribution >= 4 is 23.5 Å². The van der Waals surface area contributed by atoms with Gasteiger partial charge in [0.25, 0.3) is 0 Å². The summed E-state index contributed by atoms with van der Waals surface area (Å²) in [6.07, 6.45) is 4.00. The molecule has 2 atom stereocenters. The van der Waals surface area contributed by atoms with Gasteiger partial charge in [-0.2, -0.15) is 0 Å². The molecule has 7 heteroatoms. The van der Waals surface area contributed by atoms with E-state index in [2.05, 4.69) is 34.6 Å². The number of rotatable bonds is 7. The summed E-state index contributed by atoms with van der Waals surface area (Å²) in [4.78, 5) is 21.3. The van der Waals surface area contributed by atoms with Crippen LogP contribution >= 0.6 is 11.6 Å². The van der Waals surface area contributed by atoms with Gasteiger partial charge in [0, 0.05) is 37.1 Å². The second-order valence-corrected chi connectivity index (χ2v) is 8.29. The predicted octanol–water partition coefficient (Wildman–Crippen LogP) is 3.04. The van der Waals surface area contributed by atoms with Gasteiger partial charge in [0.1, 0.15) is 0 Å². The minimum atomic E-state index is 0.228. The van der Waals surface area contributed by atoms with E-state index >= 15 is 0 Å². The molecule has 2 fully saturated rings. The highest BCUT2D eigenvalue weighted by molar-refractivity contribution is 6.30. The van der Waals surface area contributed by atoms with Crippen LogP contribution in [0.3, 0.4) is 0 Å². The Labute approximate surface area is 179 Å². The zero-order chi connectivity index (χ0) is 20.6. The first-order valence-electron chi connectivity index (χ1n) is 10.9. The Kier molecular flexibility index (Phi) is 8.19. The average Bonchev–Trinajstić information content (AvgIpc) is 3.40. The molecule has 2 unspecified atom stereocenters. The Morgan fingerprint density at radius 3 is 2.76 bits per heavy atom. The van der Waals surface area contributed by atoms with Crippen LogP contribution in [-0.4, -0.2) is 67.0 Å². The largest absolute Gasteiger partial charge is 0.357 e. The molecule has 160 valence electrons. The Balaban J connectivity index is 1.68. The molecule has 3 rings (SSSR count). The van der Waals surface area contributed by atoms with Gasteiger partial charge in [-0.05, 0) is 57.0 Å². The van der Waals surface area contributed by atoms with Gasteiger partial charge in [-0.25, -0.2) is 0 Å². The number of guanidine groups is 1. The zero-order valence-electron chi connectivity index (χ0n) is 17.7. The molecule has 1 aromatic rings. The molecule has 2 aliphatic heterocycles. The number of nitrogens with one attached hydrogen (secondary N) is 2. The molecule has 0 aliphatic carbocycles. The number of amides is 1. The monoisotopic (exact) mass is 419 g/mol. The first kappa shape index (κ1) is 21.9. The number of halogens is 1. The summed E-state index contributed by atoms with van der Waals surface area (Å²) in [5, 5.41) is 7.67. The Hall–Kier alpha value is -1.79. The summed E-state index contributed by atoms with van der Waals surface area (Å²) in [5.74, 6) is 1.06. The molecular weight excluding hydrogens is 386 g/mol. The fourth-order valence-corrected chi connectivity index (χ4v) is 4.42. The maximum absolute atomic E-state index is 12.0. The van der Waals surface area contributed by atoms with Gasteiger partial charge in [-0.15, -0.1) is 0 Å². The molecular formula is C22H34ClN5O. The number of hydrogen-bond acceptors (Lipinski definition) is 3. The summed E-state index contributed by atoms with van der Waals surface area (Å²) < 4.78 is 0. The molecule has 29 heavy (non-hydrogen) atoms. The van der Waals surface area contributed by atoms with Crippen LogP contribution in [0.15, 0.2) is 29.3 Å². The highest BCUT2D eigenvalue weighted by Crippen LogP contribution is 2.27. The number of nitrogens with zero attached hydrogens (tertiary/aromatic N) is 3. The van der Waals surface area contributed by atoms with Crippen molar-refractivity contribution < 1.29 is 4.79 Å². The van der Waals surface area contributed by atoms with Crippen molar-refractivity contribution in [2.24, 2.45) is 4.99 Å². The smallest absolute Gasteiger partial charge is 0.222 e. The van der Waals surface area contributed by atoms with Gasteiger partial charge in [-0.3, -0.25) is 14.7 Å². The lowest BCUT2D eigenvalue weighted by Crippen LogP contribution is -2.45. The molecule has 2 N–H and O–H groups in total. The van der Waals surface area contributed by atoms with Crippen molar-refractivity contribution in [1.29, 1.82) is 0 Å². The van der Waals surface area contributed by atoms with E-state index in [1.165, 1.54) is 18.4 Å². The predicted molar refractivity (Wildman–Crippen MR) is 119 cm³/mol. The van der Waals surface area contributed by atoms with Gasteiger partial charge in [0.15, 0.2) is 5.96 Å². The molecule has 0 aromatic heterocycles. The fourth-order valence-electron chi connectivity index (χ4n) is 4.22. The Morgan fingerprint density at radius 1 is 1.28 bits per heavy atom. The number of likely N-dealkylation sites (tertiary alicyclic amines) is 2. The van der Waals surface area contributed by atoms with E-state index in [0.29, 0.717) is 13.0 Å². The fraction of sp³-hybridized carbons (Fsp3) is 0.636. The lowest BCUT2D eigenvalue weighted by Gasteiger charge is -2.27. The van der Waals surface area contributed by atoms with Gasteiger partial charge < -0.3 is 15.5 Å². The molecule has 0 saturated carbocycles. The molecule has 0 bridgehead atoms. The molecule has 1 amide bonds. The minimum absolute atomic E-state index is 0.228. The lowest BCUT2D eigenvalue weighted by molar-refractivity contribution is -0.129. The van der Waals surface area contributed by atoms with Crippen LogP contribution in [0.25, 0.3) is 0 Å². The van der Waals surface area contributed by atoms with Crippen LogP contribution < -0.4 is 10.6 Å². The average molecular weight is 420 g/mol. The van der Waals surface area contributed by atoms with Crippen molar-refractivity contribution in [3.05, 3.63) is 34.9 Å². The van der Waals surface area contributed by atoms with Crippen LogP contribution in [0.1, 0.15) is 51.1 Å². The molecule has 6 nitrogen and oxygen atoms in total. The quantitative estimate of drug-likeness (QED) is 0.526. The molecule has 1 aromatic carbocycles. The molecule has 2 saturated heterocycles. The standard InChI is InChI=1S/C22H34ClN5O/c1-3-21(29)28-13-10-19(16-28)26-22(24-4-2)25-15-20(27-11-5-6-12-27)17-8-7-9-18(23)14-17/h7-9,14,19-20H,3-6,10-13,15-16H2,1-2H3,(H2,24,25,26). The summed E-state index contributed by atoms with van der Waals surface area (Å²) >= 11 is 6.26. The van der Waals surface area contributed by atoms with E-state index in [0.717, 1.165) is 50.1 Å². The number of carbonyl (C=O) groups excluding carboxylic acids is 1. The van der Waals surface area contributed by atoms with Crippen LogP contribution in [0, 0.1) is 0 Å².